The summed E-state index contributed by atoms with van der Waals surface area (Å²) >= 11 is 0. The van der Waals surface area contributed by atoms with Crippen LogP contribution in [0.1, 0.15) is 56.9 Å². The Morgan fingerprint density at radius 1 is 1.23 bits per heavy atom. The number of piperidine rings is 1. The van der Waals surface area contributed by atoms with Crippen molar-refractivity contribution in [2.45, 2.75) is 63.3 Å². The smallest absolute Gasteiger partial charge is 0.317 e. The molecule has 26 heavy (non-hydrogen) atoms. The lowest BCUT2D eigenvalue weighted by atomic mass is 9.79. The van der Waals surface area contributed by atoms with Gasteiger partial charge in [-0.3, -0.25) is 9.78 Å². The van der Waals surface area contributed by atoms with Crippen LogP contribution in [0.3, 0.4) is 0 Å². The summed E-state index contributed by atoms with van der Waals surface area (Å²) in [6, 6.07) is 3.97. The quantitative estimate of drug-likeness (QED) is 0.845. The maximum Gasteiger partial charge on any atom is 0.317 e. The Labute approximate surface area is 155 Å². The van der Waals surface area contributed by atoms with E-state index >= 15 is 0 Å². The van der Waals surface area contributed by atoms with Crippen LogP contribution in [0.25, 0.3) is 0 Å². The molecule has 2 amide bonds. The zero-order valence-electron chi connectivity index (χ0n) is 15.3. The van der Waals surface area contributed by atoms with Gasteiger partial charge in [-0.1, -0.05) is 25.3 Å². The molecular weight excluding hydrogens is 330 g/mol. The van der Waals surface area contributed by atoms with E-state index < -0.39 is 11.5 Å². The van der Waals surface area contributed by atoms with Crippen LogP contribution in [-0.4, -0.2) is 45.6 Å². The Balaban J connectivity index is 1.51. The van der Waals surface area contributed by atoms with Crippen LogP contribution in [-0.2, 0) is 11.2 Å². The van der Waals surface area contributed by atoms with Crippen LogP contribution in [0.2, 0.25) is 0 Å². The van der Waals surface area contributed by atoms with Crippen molar-refractivity contribution >= 4 is 12.0 Å². The van der Waals surface area contributed by atoms with Gasteiger partial charge in [0.15, 0.2) is 0 Å². The zero-order chi connectivity index (χ0) is 18.4. The van der Waals surface area contributed by atoms with Gasteiger partial charge >= 0.3 is 12.0 Å². The van der Waals surface area contributed by atoms with Crippen LogP contribution >= 0.6 is 0 Å². The van der Waals surface area contributed by atoms with Crippen LogP contribution in [0.4, 0.5) is 4.79 Å². The summed E-state index contributed by atoms with van der Waals surface area (Å²) in [4.78, 5) is 30.0. The molecule has 1 aromatic rings. The SMILES string of the molecule is O=C(O)CC1(NC(=O)N2CCC(Cc3cccnc3)CC2)CCCCC1. The first-order valence-corrected chi connectivity index (χ1v) is 9.74. The Hall–Kier alpha value is -2.11. The standard InChI is InChI=1S/C20H29N3O3/c24-18(25)14-20(8-2-1-3-9-20)22-19(26)23-11-6-16(7-12-23)13-17-5-4-10-21-15-17/h4-5,10,15-16H,1-3,6-9,11-14H2,(H,22,26)(H,24,25). The normalized spacial score (nSPS) is 20.5. The molecule has 0 aromatic carbocycles. The van der Waals surface area contributed by atoms with Gasteiger partial charge in [0, 0.05) is 25.5 Å². The third kappa shape index (κ3) is 4.96. The van der Waals surface area contributed by atoms with E-state index in [0.29, 0.717) is 5.92 Å². The number of likely N-dealkylation sites (tertiary alicyclic amines) is 1. The van der Waals surface area contributed by atoms with Gasteiger partial charge in [-0.15, -0.1) is 0 Å². The summed E-state index contributed by atoms with van der Waals surface area (Å²) in [5, 5.41) is 12.4. The fourth-order valence-electron chi connectivity index (χ4n) is 4.36. The highest BCUT2D eigenvalue weighted by Gasteiger charge is 2.37. The second-order valence-electron chi connectivity index (χ2n) is 7.84. The van der Waals surface area contributed by atoms with Gasteiger partial charge in [0.2, 0.25) is 0 Å². The number of nitrogens with zero attached hydrogens (tertiary/aromatic N) is 2. The van der Waals surface area contributed by atoms with Gasteiger partial charge in [-0.2, -0.15) is 0 Å². The molecule has 2 fully saturated rings. The minimum atomic E-state index is -0.831. The monoisotopic (exact) mass is 359 g/mol. The Kier molecular flexibility index (Phi) is 6.12. The highest BCUT2D eigenvalue weighted by molar-refractivity contribution is 5.77. The van der Waals surface area contributed by atoms with Gasteiger partial charge < -0.3 is 15.3 Å². The molecule has 2 N–H and O–H groups in total. The minimum Gasteiger partial charge on any atom is -0.481 e. The first-order valence-electron chi connectivity index (χ1n) is 9.74. The molecule has 1 aliphatic heterocycles. The van der Waals surface area contributed by atoms with Gasteiger partial charge in [-0.25, -0.2) is 4.79 Å². The van der Waals surface area contributed by atoms with Crippen LogP contribution in [0, 0.1) is 5.92 Å². The van der Waals surface area contributed by atoms with E-state index in [9.17, 15) is 14.7 Å². The average Bonchev–Trinajstić information content (AvgIpc) is 2.63. The predicted molar refractivity (Wildman–Crippen MR) is 98.8 cm³/mol. The lowest BCUT2D eigenvalue weighted by Gasteiger charge is -2.40. The van der Waals surface area contributed by atoms with Gasteiger partial charge in [-0.05, 0) is 49.7 Å². The number of carboxylic acid groups (broad SMARTS) is 1. The third-order valence-corrected chi connectivity index (χ3v) is 5.82. The van der Waals surface area contributed by atoms with E-state index in [0.717, 1.165) is 64.5 Å². The maximum absolute atomic E-state index is 12.7. The molecule has 2 heterocycles. The summed E-state index contributed by atoms with van der Waals surface area (Å²) in [6.45, 7) is 1.47. The van der Waals surface area contributed by atoms with E-state index in [4.69, 9.17) is 0 Å². The summed E-state index contributed by atoms with van der Waals surface area (Å²) in [6.07, 6.45) is 11.3. The molecule has 1 saturated heterocycles. The Bertz CT molecular complexity index is 606. The zero-order valence-corrected chi connectivity index (χ0v) is 15.3. The van der Waals surface area contributed by atoms with Crippen molar-refractivity contribution in [3.63, 3.8) is 0 Å². The van der Waals surface area contributed by atoms with Gasteiger partial charge in [0.1, 0.15) is 0 Å². The highest BCUT2D eigenvalue weighted by Crippen LogP contribution is 2.32. The summed E-state index contributed by atoms with van der Waals surface area (Å²) in [5.74, 6) is -0.256. The lowest BCUT2D eigenvalue weighted by molar-refractivity contribution is -0.139. The molecule has 0 radical (unpaired) electrons. The number of carboxylic acids is 1. The molecule has 6 nitrogen and oxygen atoms in total. The number of carbonyl (C=O) groups is 2. The third-order valence-electron chi connectivity index (χ3n) is 5.82. The first kappa shape index (κ1) is 18.7. The number of amides is 2. The molecule has 0 unspecified atom stereocenters. The van der Waals surface area contributed by atoms with Crippen molar-refractivity contribution in [3.8, 4) is 0 Å². The molecule has 6 heteroatoms. The van der Waals surface area contributed by atoms with Crippen molar-refractivity contribution in [1.29, 1.82) is 0 Å². The van der Waals surface area contributed by atoms with Crippen LogP contribution < -0.4 is 5.32 Å². The average molecular weight is 359 g/mol. The fourth-order valence-corrected chi connectivity index (χ4v) is 4.36. The number of urea groups is 1. The molecule has 0 bridgehead atoms. The number of pyridine rings is 1. The molecule has 0 atom stereocenters. The van der Waals surface area contributed by atoms with E-state index in [2.05, 4.69) is 16.4 Å². The van der Waals surface area contributed by atoms with E-state index in [-0.39, 0.29) is 12.5 Å². The van der Waals surface area contributed by atoms with Crippen LogP contribution in [0.5, 0.6) is 0 Å². The molecule has 1 saturated carbocycles. The first-order chi connectivity index (χ1) is 12.6. The minimum absolute atomic E-state index is 0.0240. The number of carbonyl (C=O) groups excluding carboxylic acids is 1. The highest BCUT2D eigenvalue weighted by atomic mass is 16.4. The molecule has 3 rings (SSSR count). The number of hydrogen-bond acceptors (Lipinski definition) is 3. The molecular formula is C20H29N3O3. The molecule has 2 aliphatic rings. The number of rotatable bonds is 5. The van der Waals surface area contributed by atoms with E-state index in [1.165, 1.54) is 5.56 Å². The Morgan fingerprint density at radius 2 is 1.96 bits per heavy atom. The van der Waals surface area contributed by atoms with Crippen molar-refractivity contribution in [3.05, 3.63) is 30.1 Å². The molecule has 1 aromatic heterocycles. The fraction of sp³-hybridized carbons (Fsp3) is 0.650. The second kappa shape index (κ2) is 8.52. The number of aliphatic carboxylic acids is 1. The van der Waals surface area contributed by atoms with Crippen molar-refractivity contribution in [2.75, 3.05) is 13.1 Å². The summed E-state index contributed by atoms with van der Waals surface area (Å²) in [7, 11) is 0. The number of nitrogens with one attached hydrogen (secondary N) is 1. The second-order valence-corrected chi connectivity index (χ2v) is 7.84. The van der Waals surface area contributed by atoms with Crippen molar-refractivity contribution in [1.82, 2.24) is 15.2 Å². The molecule has 0 spiro atoms. The maximum atomic E-state index is 12.7. The summed E-state index contributed by atoms with van der Waals surface area (Å²) in [5.41, 5.74) is 0.686. The lowest BCUT2D eigenvalue weighted by Crippen LogP contribution is -2.56. The summed E-state index contributed by atoms with van der Waals surface area (Å²) < 4.78 is 0. The molecule has 1 aliphatic carbocycles. The number of aromatic nitrogens is 1. The van der Waals surface area contributed by atoms with E-state index in [1.54, 1.807) is 6.20 Å². The van der Waals surface area contributed by atoms with Crippen molar-refractivity contribution < 1.29 is 14.7 Å². The number of hydrogen-bond donors (Lipinski definition) is 2. The Morgan fingerprint density at radius 3 is 2.58 bits per heavy atom. The van der Waals surface area contributed by atoms with Gasteiger partial charge in [0.25, 0.3) is 0 Å². The predicted octanol–water partition coefficient (Wildman–Crippen LogP) is 3.22. The van der Waals surface area contributed by atoms with Crippen LogP contribution in [0.15, 0.2) is 24.5 Å². The van der Waals surface area contributed by atoms with Gasteiger partial charge in [0.05, 0.1) is 12.0 Å². The molecule has 142 valence electrons. The topological polar surface area (TPSA) is 82.5 Å². The van der Waals surface area contributed by atoms with Crippen molar-refractivity contribution in [2.24, 2.45) is 5.92 Å². The van der Waals surface area contributed by atoms with E-state index in [1.807, 2.05) is 17.2 Å². The largest absolute Gasteiger partial charge is 0.481 e.